The second-order valence-electron chi connectivity index (χ2n) is 7.40. The smallest absolute Gasteiger partial charge is 0.241 e. The zero-order chi connectivity index (χ0) is 20.9. The molecule has 0 aromatic heterocycles. The maximum atomic E-state index is 13.0. The molecule has 1 unspecified atom stereocenters. The number of nitrogens with one attached hydrogen (secondary N) is 2. The Morgan fingerprint density at radius 1 is 1.10 bits per heavy atom. The van der Waals surface area contributed by atoms with Crippen LogP contribution in [0.25, 0.3) is 0 Å². The predicted molar refractivity (Wildman–Crippen MR) is 117 cm³/mol. The Hall–Kier alpha value is -1.74. The second-order valence-corrected chi connectivity index (χ2v) is 10.0. The third-order valence-corrected chi connectivity index (χ3v) is 7.10. The van der Waals surface area contributed by atoms with Crippen LogP contribution in [0.4, 0.5) is 0 Å². The largest absolute Gasteiger partial charge is 0.352 e. The van der Waals surface area contributed by atoms with Gasteiger partial charge in [-0.15, -0.1) is 0 Å². The van der Waals surface area contributed by atoms with Gasteiger partial charge in [0, 0.05) is 10.5 Å². The molecule has 0 aliphatic carbocycles. The molecule has 1 amide bonds. The van der Waals surface area contributed by atoms with E-state index in [1.165, 1.54) is 12.1 Å². The molecule has 1 aliphatic rings. The molecule has 8 heteroatoms. The minimum absolute atomic E-state index is 0.0640. The normalized spacial score (nSPS) is 17.0. The molecule has 1 atom stereocenters. The van der Waals surface area contributed by atoms with Crippen molar-refractivity contribution in [1.82, 2.24) is 14.9 Å². The van der Waals surface area contributed by atoms with Crippen LogP contribution in [-0.4, -0.2) is 51.4 Å². The number of carbonyl (C=O) groups excluding carboxylic acids is 1. The van der Waals surface area contributed by atoms with Gasteiger partial charge in [0.15, 0.2) is 0 Å². The number of amides is 1. The van der Waals surface area contributed by atoms with Crippen LogP contribution in [0.5, 0.6) is 0 Å². The number of sulfonamides is 1. The molecule has 2 aromatic carbocycles. The number of piperidine rings is 1. The van der Waals surface area contributed by atoms with E-state index in [1.807, 2.05) is 30.3 Å². The van der Waals surface area contributed by atoms with Gasteiger partial charge in [0.05, 0.1) is 4.90 Å². The molecule has 1 saturated heterocycles. The summed E-state index contributed by atoms with van der Waals surface area (Å²) in [6.07, 6.45) is 2.01. The minimum atomic E-state index is -3.83. The first-order valence-corrected chi connectivity index (χ1v) is 11.9. The number of halogens is 1. The van der Waals surface area contributed by atoms with Crippen molar-refractivity contribution in [3.63, 3.8) is 0 Å². The summed E-state index contributed by atoms with van der Waals surface area (Å²) in [5.41, 5.74) is 0.898. The zero-order valence-corrected chi connectivity index (χ0v) is 18.7. The van der Waals surface area contributed by atoms with Gasteiger partial charge in [0.25, 0.3) is 0 Å². The Balaban J connectivity index is 1.76. The van der Waals surface area contributed by atoms with Gasteiger partial charge < -0.3 is 10.2 Å². The van der Waals surface area contributed by atoms with Crippen molar-refractivity contribution < 1.29 is 13.2 Å². The van der Waals surface area contributed by atoms with Gasteiger partial charge in [0.1, 0.15) is 6.04 Å². The van der Waals surface area contributed by atoms with Gasteiger partial charge in [-0.2, -0.15) is 4.72 Å². The lowest BCUT2D eigenvalue weighted by Crippen LogP contribution is -2.52. The minimum Gasteiger partial charge on any atom is -0.352 e. The molecular formula is C21H26BrN3O3S. The molecule has 2 aromatic rings. The van der Waals surface area contributed by atoms with Crippen LogP contribution >= 0.6 is 15.9 Å². The first kappa shape index (κ1) is 22.0. The van der Waals surface area contributed by atoms with E-state index in [1.54, 1.807) is 12.1 Å². The molecule has 1 heterocycles. The van der Waals surface area contributed by atoms with E-state index in [0.717, 1.165) is 36.0 Å². The van der Waals surface area contributed by atoms with E-state index in [0.29, 0.717) is 0 Å². The summed E-state index contributed by atoms with van der Waals surface area (Å²) in [6.45, 7) is 1.83. The number of hydrogen-bond donors (Lipinski definition) is 2. The van der Waals surface area contributed by atoms with Gasteiger partial charge in [-0.05, 0) is 69.2 Å². The summed E-state index contributed by atoms with van der Waals surface area (Å²) in [5, 5.41) is 3.04. The quantitative estimate of drug-likeness (QED) is 0.639. The molecule has 0 saturated carbocycles. The topological polar surface area (TPSA) is 78.5 Å². The number of hydrogen-bond acceptors (Lipinski definition) is 4. The van der Waals surface area contributed by atoms with E-state index < -0.39 is 16.1 Å². The Morgan fingerprint density at radius 2 is 1.72 bits per heavy atom. The summed E-state index contributed by atoms with van der Waals surface area (Å²) in [5.74, 6) is -0.288. The van der Waals surface area contributed by atoms with Crippen molar-refractivity contribution in [1.29, 1.82) is 0 Å². The molecule has 0 bridgehead atoms. The number of nitrogens with zero attached hydrogens (tertiary/aromatic N) is 1. The number of rotatable bonds is 7. The Labute approximate surface area is 180 Å². The van der Waals surface area contributed by atoms with Gasteiger partial charge in [-0.3, -0.25) is 4.79 Å². The van der Waals surface area contributed by atoms with Crippen molar-refractivity contribution in [2.24, 2.45) is 0 Å². The number of benzene rings is 2. The van der Waals surface area contributed by atoms with Crippen LogP contribution in [0.3, 0.4) is 0 Å². The summed E-state index contributed by atoms with van der Waals surface area (Å²) in [7, 11) is -1.77. The lowest BCUT2D eigenvalue weighted by Gasteiger charge is -2.30. The Morgan fingerprint density at radius 3 is 2.34 bits per heavy atom. The van der Waals surface area contributed by atoms with E-state index >= 15 is 0 Å². The van der Waals surface area contributed by atoms with Crippen LogP contribution in [0.15, 0.2) is 64.0 Å². The highest BCUT2D eigenvalue weighted by atomic mass is 79.9. The van der Waals surface area contributed by atoms with Gasteiger partial charge >= 0.3 is 0 Å². The van der Waals surface area contributed by atoms with Crippen molar-refractivity contribution in [2.75, 3.05) is 20.1 Å². The summed E-state index contributed by atoms with van der Waals surface area (Å²) in [4.78, 5) is 15.4. The monoisotopic (exact) mass is 479 g/mol. The van der Waals surface area contributed by atoms with Gasteiger partial charge in [-0.1, -0.05) is 46.3 Å². The fourth-order valence-corrected chi connectivity index (χ4v) is 4.82. The van der Waals surface area contributed by atoms with Crippen LogP contribution in [-0.2, 0) is 21.2 Å². The molecule has 1 aliphatic heterocycles. The van der Waals surface area contributed by atoms with E-state index in [2.05, 4.69) is 37.9 Å². The highest BCUT2D eigenvalue weighted by Crippen LogP contribution is 2.16. The Kier molecular flexibility index (Phi) is 7.45. The lowest BCUT2D eigenvalue weighted by atomic mass is 10.0. The molecule has 0 radical (unpaired) electrons. The summed E-state index contributed by atoms with van der Waals surface area (Å²) < 4.78 is 29.1. The number of carbonyl (C=O) groups is 1. The van der Waals surface area contributed by atoms with Crippen molar-refractivity contribution in [2.45, 2.75) is 36.2 Å². The molecule has 6 nitrogen and oxygen atoms in total. The SMILES string of the molecule is CN1CCC(NC(=O)C(Cc2ccccc2)NS(=O)(=O)c2ccc(Br)cc2)CC1. The van der Waals surface area contributed by atoms with Crippen molar-refractivity contribution >= 4 is 31.9 Å². The maximum Gasteiger partial charge on any atom is 0.241 e. The maximum absolute atomic E-state index is 13.0. The van der Waals surface area contributed by atoms with Crippen LogP contribution < -0.4 is 10.0 Å². The highest BCUT2D eigenvalue weighted by Gasteiger charge is 2.28. The second kappa shape index (κ2) is 9.84. The lowest BCUT2D eigenvalue weighted by molar-refractivity contribution is -0.123. The molecule has 1 fully saturated rings. The van der Waals surface area contributed by atoms with Crippen LogP contribution in [0.2, 0.25) is 0 Å². The fraction of sp³-hybridized carbons (Fsp3) is 0.381. The molecule has 0 spiro atoms. The third-order valence-electron chi connectivity index (χ3n) is 5.09. The average Bonchev–Trinajstić information content (AvgIpc) is 2.70. The third kappa shape index (κ3) is 6.37. The van der Waals surface area contributed by atoms with Gasteiger partial charge in [-0.25, -0.2) is 8.42 Å². The summed E-state index contributed by atoms with van der Waals surface area (Å²) in [6, 6.07) is 15.0. The van der Waals surface area contributed by atoms with Crippen LogP contribution in [0.1, 0.15) is 18.4 Å². The number of likely N-dealkylation sites (tertiary alicyclic amines) is 1. The average molecular weight is 480 g/mol. The van der Waals surface area contributed by atoms with Crippen molar-refractivity contribution in [3.05, 3.63) is 64.6 Å². The molecule has 3 rings (SSSR count). The van der Waals surface area contributed by atoms with E-state index in [9.17, 15) is 13.2 Å². The van der Waals surface area contributed by atoms with E-state index in [-0.39, 0.29) is 23.3 Å². The predicted octanol–water partition coefficient (Wildman–Crippen LogP) is 2.55. The first-order chi connectivity index (χ1) is 13.8. The van der Waals surface area contributed by atoms with Gasteiger partial charge in [0.2, 0.25) is 15.9 Å². The standard InChI is InChI=1S/C21H26BrN3O3S/c1-25-13-11-18(12-14-25)23-21(26)20(15-16-5-3-2-4-6-16)24-29(27,28)19-9-7-17(22)8-10-19/h2-10,18,20,24H,11-15H2,1H3,(H,23,26). The van der Waals surface area contributed by atoms with Crippen molar-refractivity contribution in [3.8, 4) is 0 Å². The zero-order valence-electron chi connectivity index (χ0n) is 16.3. The molecule has 156 valence electrons. The summed E-state index contributed by atoms with van der Waals surface area (Å²) >= 11 is 3.31. The molecule has 29 heavy (non-hydrogen) atoms. The van der Waals surface area contributed by atoms with E-state index in [4.69, 9.17) is 0 Å². The first-order valence-electron chi connectivity index (χ1n) is 9.64. The Bertz CT molecular complexity index is 912. The highest BCUT2D eigenvalue weighted by molar-refractivity contribution is 9.10. The fourth-order valence-electron chi connectivity index (χ4n) is 3.36. The van der Waals surface area contributed by atoms with Crippen LogP contribution in [0, 0.1) is 0 Å². The molecule has 2 N–H and O–H groups in total. The molecular weight excluding hydrogens is 454 g/mol.